The van der Waals surface area contributed by atoms with Crippen LogP contribution in [0, 0.1) is 5.82 Å². The number of ether oxygens (including phenoxy) is 1. The summed E-state index contributed by atoms with van der Waals surface area (Å²) < 4.78 is 21.2. The number of carbonyl (C=O) groups excluding carboxylic acids is 1. The Morgan fingerprint density at radius 3 is 3.08 bits per heavy atom. The van der Waals surface area contributed by atoms with Crippen molar-refractivity contribution < 1.29 is 13.9 Å². The number of anilines is 1. The van der Waals surface area contributed by atoms with Crippen molar-refractivity contribution in [3.63, 3.8) is 0 Å². The van der Waals surface area contributed by atoms with Crippen LogP contribution < -0.4 is 4.90 Å². The first kappa shape index (κ1) is 16.9. The van der Waals surface area contributed by atoms with E-state index in [0.29, 0.717) is 43.2 Å². The maximum Gasteiger partial charge on any atom is 0.224 e. The number of nitrogens with zero attached hydrogens (tertiary/aromatic N) is 5. The molecule has 1 unspecified atom stereocenters. The molecule has 0 bridgehead atoms. The molecule has 0 saturated carbocycles. The van der Waals surface area contributed by atoms with E-state index in [1.54, 1.807) is 17.1 Å². The zero-order chi connectivity index (χ0) is 18.1. The van der Waals surface area contributed by atoms with Crippen LogP contribution in [0.25, 0.3) is 11.0 Å². The molecule has 4 rings (SSSR count). The van der Waals surface area contributed by atoms with E-state index < -0.39 is 6.04 Å². The van der Waals surface area contributed by atoms with E-state index in [4.69, 9.17) is 16.3 Å². The summed E-state index contributed by atoms with van der Waals surface area (Å²) in [5, 5.41) is 5.15. The van der Waals surface area contributed by atoms with Crippen molar-refractivity contribution in [2.45, 2.75) is 12.6 Å². The Morgan fingerprint density at radius 1 is 1.35 bits per heavy atom. The van der Waals surface area contributed by atoms with Crippen molar-refractivity contribution in [3.8, 4) is 0 Å². The summed E-state index contributed by atoms with van der Waals surface area (Å²) in [7, 11) is 0. The molecule has 0 spiro atoms. The highest BCUT2D eigenvalue weighted by atomic mass is 35.5. The molecular formula is C17H15ClFN5O2. The minimum atomic E-state index is -0.421. The zero-order valence-electron chi connectivity index (χ0n) is 13.7. The highest BCUT2D eigenvalue weighted by Crippen LogP contribution is 2.23. The summed E-state index contributed by atoms with van der Waals surface area (Å²) >= 11 is 5.86. The molecule has 1 aliphatic rings. The Hall–Kier alpha value is -2.58. The number of rotatable bonds is 4. The molecule has 0 radical (unpaired) electrons. The molecule has 1 fully saturated rings. The molecule has 0 N–H and O–H groups in total. The highest BCUT2D eigenvalue weighted by molar-refractivity contribution is 6.28. The topological polar surface area (TPSA) is 73.1 Å². The maximum absolute atomic E-state index is 14.2. The van der Waals surface area contributed by atoms with E-state index in [2.05, 4.69) is 15.1 Å². The number of hydrogen-bond acceptors (Lipinski definition) is 6. The Bertz CT molecular complexity index is 963. The van der Waals surface area contributed by atoms with Crippen LogP contribution in [-0.4, -0.2) is 51.8 Å². The van der Waals surface area contributed by atoms with E-state index in [1.807, 2.05) is 11.0 Å². The Balaban J connectivity index is 1.67. The molecule has 26 heavy (non-hydrogen) atoms. The van der Waals surface area contributed by atoms with Crippen molar-refractivity contribution in [2.24, 2.45) is 0 Å². The van der Waals surface area contributed by atoms with Crippen molar-refractivity contribution in [2.75, 3.05) is 24.7 Å². The third kappa shape index (κ3) is 3.25. The fourth-order valence-corrected chi connectivity index (χ4v) is 3.21. The Morgan fingerprint density at radius 2 is 2.23 bits per heavy atom. The van der Waals surface area contributed by atoms with Crippen molar-refractivity contribution in [1.82, 2.24) is 19.7 Å². The average Bonchev–Trinajstić information content (AvgIpc) is 3.03. The number of aromatic nitrogens is 4. The van der Waals surface area contributed by atoms with Crippen LogP contribution >= 0.6 is 11.6 Å². The molecule has 7 nitrogen and oxygen atoms in total. The molecule has 0 aliphatic carbocycles. The summed E-state index contributed by atoms with van der Waals surface area (Å²) in [6.45, 7) is 1.64. The molecule has 1 atom stereocenters. The van der Waals surface area contributed by atoms with Gasteiger partial charge in [-0.3, -0.25) is 0 Å². The second kappa shape index (κ2) is 6.97. The lowest BCUT2D eigenvalue weighted by atomic mass is 10.1. The number of benzene rings is 1. The molecule has 3 heterocycles. The summed E-state index contributed by atoms with van der Waals surface area (Å²) in [5.74, 6) is -0.377. The SMILES string of the molecule is O=CC1COCCN1c1cc(F)cc(Cn2ncc3cnc(Cl)nc32)c1. The molecule has 1 aromatic carbocycles. The molecule has 3 aromatic rings. The van der Waals surface area contributed by atoms with Gasteiger partial charge in [0.1, 0.15) is 18.1 Å². The number of aldehydes is 1. The highest BCUT2D eigenvalue weighted by Gasteiger charge is 2.23. The van der Waals surface area contributed by atoms with Crippen molar-refractivity contribution in [1.29, 1.82) is 0 Å². The van der Waals surface area contributed by atoms with Crippen LogP contribution in [0.1, 0.15) is 5.56 Å². The van der Waals surface area contributed by atoms with Crippen LogP contribution in [0.5, 0.6) is 0 Å². The van der Waals surface area contributed by atoms with Gasteiger partial charge in [0.15, 0.2) is 5.65 Å². The number of carbonyl (C=O) groups is 1. The molecule has 0 amide bonds. The zero-order valence-corrected chi connectivity index (χ0v) is 14.4. The second-order valence-corrected chi connectivity index (χ2v) is 6.35. The quantitative estimate of drug-likeness (QED) is 0.513. The minimum absolute atomic E-state index is 0.126. The fraction of sp³-hybridized carbons (Fsp3) is 0.294. The standard InChI is InChI=1S/C17H15ClFN5O2/c18-17-20-6-12-7-21-24(16(12)22-17)8-11-3-13(19)5-14(4-11)23-1-2-26-10-15(23)9-25/h3-7,9,15H,1-2,8,10H2. The van der Waals surface area contributed by atoms with Gasteiger partial charge in [0, 0.05) is 18.4 Å². The van der Waals surface area contributed by atoms with Gasteiger partial charge in [-0.25, -0.2) is 14.1 Å². The first-order valence-corrected chi connectivity index (χ1v) is 8.45. The first-order chi connectivity index (χ1) is 12.6. The van der Waals surface area contributed by atoms with Crippen molar-refractivity contribution >= 4 is 34.6 Å². The van der Waals surface area contributed by atoms with Gasteiger partial charge in [-0.05, 0) is 35.4 Å². The fourth-order valence-electron chi connectivity index (χ4n) is 3.08. The normalized spacial score (nSPS) is 17.6. The minimum Gasteiger partial charge on any atom is -0.377 e. The number of halogens is 2. The lowest BCUT2D eigenvalue weighted by molar-refractivity contribution is -0.111. The van der Waals surface area contributed by atoms with Gasteiger partial charge in [0.25, 0.3) is 0 Å². The number of morpholine rings is 1. The van der Waals surface area contributed by atoms with Gasteiger partial charge < -0.3 is 14.4 Å². The first-order valence-electron chi connectivity index (χ1n) is 8.07. The monoisotopic (exact) mass is 375 g/mol. The van der Waals surface area contributed by atoms with E-state index >= 15 is 0 Å². The van der Waals surface area contributed by atoms with E-state index in [9.17, 15) is 9.18 Å². The van der Waals surface area contributed by atoms with Crippen molar-refractivity contribution in [3.05, 3.63) is 47.3 Å². The summed E-state index contributed by atoms with van der Waals surface area (Å²) in [6.07, 6.45) is 4.05. The van der Waals surface area contributed by atoms with E-state index in [-0.39, 0.29) is 11.1 Å². The number of hydrogen-bond donors (Lipinski definition) is 0. The molecule has 134 valence electrons. The molecule has 2 aromatic heterocycles. The lowest BCUT2D eigenvalue weighted by Gasteiger charge is -2.34. The van der Waals surface area contributed by atoms with Crippen LogP contribution in [0.4, 0.5) is 10.1 Å². The van der Waals surface area contributed by atoms with Gasteiger partial charge in [-0.1, -0.05) is 0 Å². The van der Waals surface area contributed by atoms with E-state index in [1.165, 1.54) is 12.1 Å². The van der Waals surface area contributed by atoms with Gasteiger partial charge in [-0.2, -0.15) is 10.1 Å². The average molecular weight is 376 g/mol. The molecule has 1 saturated heterocycles. The smallest absolute Gasteiger partial charge is 0.224 e. The van der Waals surface area contributed by atoms with Gasteiger partial charge in [0.2, 0.25) is 5.28 Å². The molecule has 9 heteroatoms. The van der Waals surface area contributed by atoms with Crippen LogP contribution in [0.3, 0.4) is 0 Å². The number of fused-ring (bicyclic) bond motifs is 1. The van der Waals surface area contributed by atoms with Crippen LogP contribution in [0.2, 0.25) is 5.28 Å². The van der Waals surface area contributed by atoms with Crippen LogP contribution in [-0.2, 0) is 16.1 Å². The second-order valence-electron chi connectivity index (χ2n) is 6.01. The lowest BCUT2D eigenvalue weighted by Crippen LogP contribution is -2.46. The van der Waals surface area contributed by atoms with Gasteiger partial charge in [-0.15, -0.1) is 0 Å². The summed E-state index contributed by atoms with van der Waals surface area (Å²) in [6, 6.07) is 4.29. The summed E-state index contributed by atoms with van der Waals surface area (Å²) in [5.41, 5.74) is 1.92. The maximum atomic E-state index is 14.2. The predicted octanol–water partition coefficient (Wildman–Crippen LogP) is 2.07. The largest absolute Gasteiger partial charge is 0.377 e. The third-order valence-corrected chi connectivity index (χ3v) is 4.46. The summed E-state index contributed by atoms with van der Waals surface area (Å²) in [4.78, 5) is 21.2. The van der Waals surface area contributed by atoms with E-state index in [0.717, 1.165) is 11.7 Å². The molecule has 1 aliphatic heterocycles. The van der Waals surface area contributed by atoms with Crippen LogP contribution in [0.15, 0.2) is 30.6 Å². The Labute approximate surface area is 153 Å². The molecular weight excluding hydrogens is 361 g/mol. The Kier molecular flexibility index (Phi) is 4.52. The van der Waals surface area contributed by atoms with Gasteiger partial charge in [0.05, 0.1) is 31.3 Å². The predicted molar refractivity (Wildman–Crippen MR) is 93.9 cm³/mol. The third-order valence-electron chi connectivity index (χ3n) is 4.28. The van der Waals surface area contributed by atoms with Gasteiger partial charge >= 0.3 is 0 Å².